The number of carbonyl (C=O) groups is 1. The van der Waals surface area contributed by atoms with E-state index in [0.717, 1.165) is 33.7 Å². The third-order valence-corrected chi connectivity index (χ3v) is 6.70. The Labute approximate surface area is 165 Å². The van der Waals surface area contributed by atoms with E-state index in [1.807, 2.05) is 25.1 Å². The van der Waals surface area contributed by atoms with E-state index in [4.69, 9.17) is 0 Å². The van der Waals surface area contributed by atoms with Gasteiger partial charge in [-0.3, -0.25) is 4.79 Å². The maximum atomic E-state index is 12.1. The zero-order chi connectivity index (χ0) is 18.4. The SMILES string of the molecule is Cc1ccc(NC(=O)CSc2nnc(NCCc3cccs3)s2)cc1C. The van der Waals surface area contributed by atoms with Gasteiger partial charge in [-0.2, -0.15) is 0 Å². The molecule has 1 aromatic carbocycles. The standard InChI is InChI=1S/C18H20N4OS3/c1-12-5-6-14(10-13(12)2)20-16(23)11-25-18-22-21-17(26-18)19-8-7-15-4-3-9-24-15/h3-6,9-10H,7-8,11H2,1-2H3,(H,19,21)(H,20,23). The number of nitrogens with one attached hydrogen (secondary N) is 2. The number of thiophene rings is 1. The summed E-state index contributed by atoms with van der Waals surface area (Å²) in [5.74, 6) is 0.275. The highest BCUT2D eigenvalue weighted by molar-refractivity contribution is 8.01. The minimum absolute atomic E-state index is 0.0411. The molecule has 0 aliphatic rings. The predicted molar refractivity (Wildman–Crippen MR) is 112 cm³/mol. The molecule has 0 aliphatic heterocycles. The van der Waals surface area contributed by atoms with Crippen molar-refractivity contribution in [3.63, 3.8) is 0 Å². The Kier molecular flexibility index (Phi) is 6.65. The Morgan fingerprint density at radius 3 is 2.85 bits per heavy atom. The average molecular weight is 405 g/mol. The molecule has 136 valence electrons. The van der Waals surface area contributed by atoms with Gasteiger partial charge >= 0.3 is 0 Å². The van der Waals surface area contributed by atoms with Gasteiger partial charge in [-0.05, 0) is 55.0 Å². The quantitative estimate of drug-likeness (QED) is 0.537. The Balaban J connectivity index is 1.42. The van der Waals surface area contributed by atoms with Crippen LogP contribution in [0.15, 0.2) is 40.1 Å². The summed E-state index contributed by atoms with van der Waals surface area (Å²) in [6.07, 6.45) is 0.970. The van der Waals surface area contributed by atoms with E-state index in [2.05, 4.69) is 45.3 Å². The Morgan fingerprint density at radius 1 is 1.19 bits per heavy atom. The third kappa shape index (κ3) is 5.55. The fraction of sp³-hybridized carbons (Fsp3) is 0.278. The second-order valence-electron chi connectivity index (χ2n) is 5.77. The summed E-state index contributed by atoms with van der Waals surface area (Å²) >= 11 is 4.63. The summed E-state index contributed by atoms with van der Waals surface area (Å²) in [5.41, 5.74) is 3.20. The molecular formula is C18H20N4OS3. The van der Waals surface area contributed by atoms with Crippen LogP contribution in [0.5, 0.6) is 0 Å². The van der Waals surface area contributed by atoms with Crippen molar-refractivity contribution in [2.45, 2.75) is 24.6 Å². The predicted octanol–water partition coefficient (Wildman–Crippen LogP) is 4.60. The molecule has 5 nitrogen and oxygen atoms in total. The number of amides is 1. The van der Waals surface area contributed by atoms with Gasteiger partial charge in [-0.1, -0.05) is 35.2 Å². The van der Waals surface area contributed by atoms with Crippen molar-refractivity contribution in [2.75, 3.05) is 22.9 Å². The first-order chi connectivity index (χ1) is 12.6. The number of anilines is 2. The molecule has 0 saturated carbocycles. The maximum Gasteiger partial charge on any atom is 0.234 e. The Hall–Kier alpha value is -1.90. The summed E-state index contributed by atoms with van der Waals surface area (Å²) in [6.45, 7) is 4.92. The molecule has 0 aliphatic carbocycles. The monoisotopic (exact) mass is 404 g/mol. The minimum Gasteiger partial charge on any atom is -0.360 e. The highest BCUT2D eigenvalue weighted by Gasteiger charge is 2.09. The van der Waals surface area contributed by atoms with Crippen LogP contribution < -0.4 is 10.6 Å². The summed E-state index contributed by atoms with van der Waals surface area (Å²) in [7, 11) is 0. The topological polar surface area (TPSA) is 66.9 Å². The number of rotatable bonds is 8. The van der Waals surface area contributed by atoms with Crippen LogP contribution in [-0.2, 0) is 11.2 Å². The number of nitrogens with zero attached hydrogens (tertiary/aromatic N) is 2. The van der Waals surface area contributed by atoms with E-state index in [9.17, 15) is 4.79 Å². The number of hydrogen-bond donors (Lipinski definition) is 2. The number of thioether (sulfide) groups is 1. The molecule has 0 saturated heterocycles. The normalized spacial score (nSPS) is 10.7. The summed E-state index contributed by atoms with van der Waals surface area (Å²) in [4.78, 5) is 13.4. The van der Waals surface area contributed by atoms with Crippen LogP contribution >= 0.6 is 34.4 Å². The van der Waals surface area contributed by atoms with Crippen molar-refractivity contribution < 1.29 is 4.79 Å². The zero-order valence-corrected chi connectivity index (χ0v) is 17.1. The molecule has 3 aromatic rings. The zero-order valence-electron chi connectivity index (χ0n) is 14.6. The largest absolute Gasteiger partial charge is 0.360 e. The third-order valence-electron chi connectivity index (χ3n) is 3.75. The van der Waals surface area contributed by atoms with Crippen LogP contribution in [0.2, 0.25) is 0 Å². The minimum atomic E-state index is -0.0411. The van der Waals surface area contributed by atoms with Crippen LogP contribution in [0.25, 0.3) is 0 Å². The van der Waals surface area contributed by atoms with Gasteiger partial charge in [0.05, 0.1) is 5.75 Å². The lowest BCUT2D eigenvalue weighted by atomic mass is 10.1. The molecule has 0 fully saturated rings. The second kappa shape index (κ2) is 9.16. The van der Waals surface area contributed by atoms with Gasteiger partial charge in [0.15, 0.2) is 4.34 Å². The second-order valence-corrected chi connectivity index (χ2v) is 9.00. The number of aryl methyl sites for hydroxylation is 2. The van der Waals surface area contributed by atoms with Crippen LogP contribution in [0, 0.1) is 13.8 Å². The van der Waals surface area contributed by atoms with Gasteiger partial charge in [0.2, 0.25) is 11.0 Å². The fourth-order valence-corrected chi connectivity index (χ4v) is 4.52. The molecule has 2 aromatic heterocycles. The molecule has 0 bridgehead atoms. The van der Waals surface area contributed by atoms with E-state index in [1.54, 1.807) is 11.3 Å². The molecule has 0 unspecified atom stereocenters. The van der Waals surface area contributed by atoms with Crippen molar-refractivity contribution in [1.29, 1.82) is 0 Å². The van der Waals surface area contributed by atoms with Crippen molar-refractivity contribution >= 4 is 51.2 Å². The highest BCUT2D eigenvalue weighted by Crippen LogP contribution is 2.25. The Bertz CT molecular complexity index is 861. The van der Waals surface area contributed by atoms with Crippen molar-refractivity contribution in [2.24, 2.45) is 0 Å². The molecular weight excluding hydrogens is 384 g/mol. The van der Waals surface area contributed by atoms with E-state index < -0.39 is 0 Å². The lowest BCUT2D eigenvalue weighted by Gasteiger charge is -2.06. The van der Waals surface area contributed by atoms with Crippen LogP contribution in [0.4, 0.5) is 10.8 Å². The molecule has 26 heavy (non-hydrogen) atoms. The molecule has 0 radical (unpaired) electrons. The lowest BCUT2D eigenvalue weighted by Crippen LogP contribution is -2.14. The van der Waals surface area contributed by atoms with Gasteiger partial charge in [0.1, 0.15) is 0 Å². The van der Waals surface area contributed by atoms with E-state index >= 15 is 0 Å². The molecule has 8 heteroatoms. The first kappa shape index (κ1) is 18.9. The van der Waals surface area contributed by atoms with Gasteiger partial charge in [-0.15, -0.1) is 21.5 Å². The summed E-state index contributed by atoms with van der Waals surface area (Å²) in [5, 5.41) is 17.3. The summed E-state index contributed by atoms with van der Waals surface area (Å²) in [6, 6.07) is 10.1. The number of carbonyl (C=O) groups excluding carboxylic acids is 1. The van der Waals surface area contributed by atoms with E-state index in [1.165, 1.54) is 33.5 Å². The van der Waals surface area contributed by atoms with Gasteiger partial charge < -0.3 is 10.6 Å². The van der Waals surface area contributed by atoms with Gasteiger partial charge in [0, 0.05) is 17.1 Å². The van der Waals surface area contributed by atoms with Crippen molar-refractivity contribution in [3.05, 3.63) is 51.7 Å². The highest BCUT2D eigenvalue weighted by atomic mass is 32.2. The smallest absolute Gasteiger partial charge is 0.234 e. The van der Waals surface area contributed by atoms with Gasteiger partial charge in [-0.25, -0.2) is 0 Å². The molecule has 0 atom stereocenters. The summed E-state index contributed by atoms with van der Waals surface area (Å²) < 4.78 is 0.791. The first-order valence-electron chi connectivity index (χ1n) is 8.20. The van der Waals surface area contributed by atoms with Crippen LogP contribution in [-0.4, -0.2) is 28.4 Å². The molecule has 0 spiro atoms. The van der Waals surface area contributed by atoms with E-state index in [-0.39, 0.29) is 5.91 Å². The maximum absolute atomic E-state index is 12.1. The van der Waals surface area contributed by atoms with Crippen molar-refractivity contribution in [3.8, 4) is 0 Å². The number of hydrogen-bond acceptors (Lipinski definition) is 7. The Morgan fingerprint density at radius 2 is 2.08 bits per heavy atom. The number of benzene rings is 1. The van der Waals surface area contributed by atoms with Crippen LogP contribution in [0.1, 0.15) is 16.0 Å². The fourth-order valence-electron chi connectivity index (χ4n) is 2.23. The average Bonchev–Trinajstić information content (AvgIpc) is 3.28. The first-order valence-corrected chi connectivity index (χ1v) is 10.9. The molecule has 3 rings (SSSR count). The molecule has 1 amide bonds. The number of aromatic nitrogens is 2. The molecule has 2 heterocycles. The lowest BCUT2D eigenvalue weighted by molar-refractivity contribution is -0.113. The van der Waals surface area contributed by atoms with Crippen molar-refractivity contribution in [1.82, 2.24) is 10.2 Å². The van der Waals surface area contributed by atoms with Gasteiger partial charge in [0.25, 0.3) is 0 Å². The molecule has 2 N–H and O–H groups in total. The van der Waals surface area contributed by atoms with E-state index in [0.29, 0.717) is 5.75 Å². The van der Waals surface area contributed by atoms with Crippen LogP contribution in [0.3, 0.4) is 0 Å².